The summed E-state index contributed by atoms with van der Waals surface area (Å²) < 4.78 is 26.4. The van der Waals surface area contributed by atoms with E-state index in [1.165, 1.54) is 48.2 Å². The minimum Gasteiger partial charge on any atom is -0.353 e. The Balaban J connectivity index is 1.81. The Labute approximate surface area is 173 Å². The zero-order valence-electron chi connectivity index (χ0n) is 16.6. The number of halogens is 2. The molecule has 0 radical (unpaired) electrons. The summed E-state index contributed by atoms with van der Waals surface area (Å²) in [7, 11) is 3.72. The molecule has 0 aliphatic rings. The van der Waals surface area contributed by atoms with E-state index in [0.717, 1.165) is 5.56 Å². The molecule has 2 amide bonds. The zero-order chi connectivity index (χ0) is 21.4. The molecule has 8 heteroatoms. The molecule has 0 saturated heterocycles. The van der Waals surface area contributed by atoms with Crippen LogP contribution in [0.15, 0.2) is 48.5 Å². The molecule has 5 nitrogen and oxygen atoms in total. The van der Waals surface area contributed by atoms with Crippen molar-refractivity contribution in [1.29, 1.82) is 0 Å². The molecule has 0 fully saturated rings. The summed E-state index contributed by atoms with van der Waals surface area (Å²) >= 11 is 1.20. The first-order chi connectivity index (χ1) is 13.8. The molecular formula is C21H25F2N3O2S. The first-order valence-corrected chi connectivity index (χ1v) is 10.2. The molecule has 0 spiro atoms. The second-order valence-electron chi connectivity index (χ2n) is 6.79. The lowest BCUT2D eigenvalue weighted by Gasteiger charge is -2.25. The van der Waals surface area contributed by atoms with Crippen LogP contribution in [0, 0.1) is 11.6 Å². The third kappa shape index (κ3) is 7.47. The van der Waals surface area contributed by atoms with Gasteiger partial charge in [-0.1, -0.05) is 12.1 Å². The Hall–Kier alpha value is -2.45. The first-order valence-electron chi connectivity index (χ1n) is 9.13. The number of thioether (sulfide) groups is 1. The molecule has 0 saturated carbocycles. The van der Waals surface area contributed by atoms with Crippen LogP contribution >= 0.6 is 11.8 Å². The molecule has 0 heterocycles. The molecule has 2 N–H and O–H groups in total. The van der Waals surface area contributed by atoms with Gasteiger partial charge in [0.05, 0.1) is 17.0 Å². The third-order valence-corrected chi connectivity index (χ3v) is 5.43. The zero-order valence-corrected chi connectivity index (χ0v) is 17.4. The molecule has 2 unspecified atom stereocenters. The van der Waals surface area contributed by atoms with Gasteiger partial charge in [-0.15, -0.1) is 11.8 Å². The maximum atomic E-state index is 13.5. The number of anilines is 1. The van der Waals surface area contributed by atoms with Gasteiger partial charge in [-0.25, -0.2) is 8.78 Å². The number of hydrogen-bond acceptors (Lipinski definition) is 4. The lowest BCUT2D eigenvalue weighted by Crippen LogP contribution is -2.38. The van der Waals surface area contributed by atoms with Crippen LogP contribution in [0.1, 0.15) is 18.5 Å². The normalized spacial score (nSPS) is 13.0. The molecule has 0 bridgehead atoms. The highest BCUT2D eigenvalue weighted by molar-refractivity contribution is 8.01. The van der Waals surface area contributed by atoms with Gasteiger partial charge in [-0.05, 0) is 63.0 Å². The molecule has 29 heavy (non-hydrogen) atoms. The van der Waals surface area contributed by atoms with Crippen LogP contribution in [0.4, 0.5) is 14.5 Å². The SMILES string of the molecule is CC(SCC(=O)Nc1ccc(F)cc1)C(=O)NCC(c1cccc(F)c1)N(C)C. The van der Waals surface area contributed by atoms with Crippen LogP contribution in [0.2, 0.25) is 0 Å². The molecule has 156 valence electrons. The monoisotopic (exact) mass is 421 g/mol. The highest BCUT2D eigenvalue weighted by Gasteiger charge is 2.19. The van der Waals surface area contributed by atoms with Crippen molar-refractivity contribution in [3.8, 4) is 0 Å². The largest absolute Gasteiger partial charge is 0.353 e. The van der Waals surface area contributed by atoms with E-state index in [2.05, 4.69) is 10.6 Å². The Bertz CT molecular complexity index is 831. The molecule has 0 aliphatic heterocycles. The van der Waals surface area contributed by atoms with E-state index < -0.39 is 5.25 Å². The lowest BCUT2D eigenvalue weighted by molar-refractivity contribution is -0.120. The number of carbonyl (C=O) groups is 2. The van der Waals surface area contributed by atoms with Crippen molar-refractivity contribution in [2.45, 2.75) is 18.2 Å². The Kier molecular flexibility index (Phi) is 8.60. The van der Waals surface area contributed by atoms with Crippen LogP contribution in [0.5, 0.6) is 0 Å². The molecule has 2 aromatic rings. The summed E-state index contributed by atoms with van der Waals surface area (Å²) in [5, 5.41) is 5.08. The first kappa shape index (κ1) is 22.8. The van der Waals surface area contributed by atoms with Gasteiger partial charge in [0.2, 0.25) is 11.8 Å². The fourth-order valence-electron chi connectivity index (χ4n) is 2.66. The van der Waals surface area contributed by atoms with Gasteiger partial charge in [-0.3, -0.25) is 9.59 Å². The van der Waals surface area contributed by atoms with E-state index in [0.29, 0.717) is 12.2 Å². The summed E-state index contributed by atoms with van der Waals surface area (Å²) in [5.41, 5.74) is 1.27. The molecule has 2 atom stereocenters. The summed E-state index contributed by atoms with van der Waals surface area (Å²) in [5.74, 6) is -1.08. The summed E-state index contributed by atoms with van der Waals surface area (Å²) in [4.78, 5) is 26.3. The number of rotatable bonds is 9. The fraction of sp³-hybridized carbons (Fsp3) is 0.333. The quantitative estimate of drug-likeness (QED) is 0.651. The number of hydrogen-bond donors (Lipinski definition) is 2. The maximum absolute atomic E-state index is 13.5. The van der Waals surface area contributed by atoms with Crippen molar-refractivity contribution in [1.82, 2.24) is 10.2 Å². The fourth-order valence-corrected chi connectivity index (χ4v) is 3.37. The van der Waals surface area contributed by atoms with Gasteiger partial charge >= 0.3 is 0 Å². The van der Waals surface area contributed by atoms with Crippen molar-refractivity contribution in [2.75, 3.05) is 31.7 Å². The van der Waals surface area contributed by atoms with E-state index in [9.17, 15) is 18.4 Å². The van der Waals surface area contributed by atoms with Crippen LogP contribution in [-0.2, 0) is 9.59 Å². The summed E-state index contributed by atoms with van der Waals surface area (Å²) in [6.45, 7) is 2.04. The van der Waals surface area contributed by atoms with Crippen molar-refractivity contribution in [3.05, 3.63) is 65.7 Å². The van der Waals surface area contributed by atoms with Crippen LogP contribution < -0.4 is 10.6 Å². The number of carbonyl (C=O) groups excluding carboxylic acids is 2. The molecule has 0 aliphatic carbocycles. The van der Waals surface area contributed by atoms with Gasteiger partial charge in [0.25, 0.3) is 0 Å². The van der Waals surface area contributed by atoms with Crippen molar-refractivity contribution in [3.63, 3.8) is 0 Å². The molecule has 0 aromatic heterocycles. The standard InChI is InChI=1S/C21H25F2N3O2S/c1-14(29-13-20(27)25-18-9-7-16(22)8-10-18)21(28)24-12-19(26(2)3)15-5-4-6-17(23)11-15/h4-11,14,19H,12-13H2,1-3H3,(H,24,28)(H,25,27). The summed E-state index contributed by atoms with van der Waals surface area (Å²) in [6, 6.07) is 11.6. The number of benzene rings is 2. The minimum absolute atomic E-state index is 0.0902. The van der Waals surface area contributed by atoms with Crippen LogP contribution in [0.25, 0.3) is 0 Å². The van der Waals surface area contributed by atoms with Crippen molar-refractivity contribution < 1.29 is 18.4 Å². The molecule has 2 aromatic carbocycles. The molecule has 2 rings (SSSR count). The van der Waals surface area contributed by atoms with Gasteiger partial charge in [0.15, 0.2) is 0 Å². The topological polar surface area (TPSA) is 61.4 Å². The Morgan fingerprint density at radius 2 is 1.76 bits per heavy atom. The number of nitrogens with one attached hydrogen (secondary N) is 2. The smallest absolute Gasteiger partial charge is 0.234 e. The summed E-state index contributed by atoms with van der Waals surface area (Å²) in [6.07, 6.45) is 0. The molecular weight excluding hydrogens is 396 g/mol. The van der Waals surface area contributed by atoms with E-state index in [1.54, 1.807) is 13.0 Å². The maximum Gasteiger partial charge on any atom is 0.234 e. The average Bonchev–Trinajstić information content (AvgIpc) is 2.67. The second-order valence-corrected chi connectivity index (χ2v) is 8.12. The average molecular weight is 422 g/mol. The number of amides is 2. The van der Waals surface area contributed by atoms with Gasteiger partial charge < -0.3 is 15.5 Å². The minimum atomic E-state index is -0.440. The van der Waals surface area contributed by atoms with E-state index in [1.807, 2.05) is 25.1 Å². The predicted octanol–water partition coefficient (Wildman–Crippen LogP) is 3.44. The van der Waals surface area contributed by atoms with Gasteiger partial charge in [0.1, 0.15) is 11.6 Å². The van der Waals surface area contributed by atoms with Crippen molar-refractivity contribution in [2.24, 2.45) is 0 Å². The van der Waals surface area contributed by atoms with Crippen molar-refractivity contribution >= 4 is 29.3 Å². The second kappa shape index (κ2) is 10.9. The van der Waals surface area contributed by atoms with Gasteiger partial charge in [-0.2, -0.15) is 0 Å². The van der Waals surface area contributed by atoms with Crippen LogP contribution in [0.3, 0.4) is 0 Å². The highest BCUT2D eigenvalue weighted by Crippen LogP contribution is 2.19. The Morgan fingerprint density at radius 3 is 2.38 bits per heavy atom. The third-order valence-electron chi connectivity index (χ3n) is 4.29. The van der Waals surface area contributed by atoms with Crippen LogP contribution in [-0.4, -0.2) is 48.4 Å². The number of likely N-dealkylation sites (N-methyl/N-ethyl adjacent to an activating group) is 1. The lowest BCUT2D eigenvalue weighted by atomic mass is 10.1. The van der Waals surface area contributed by atoms with E-state index in [-0.39, 0.29) is 35.2 Å². The van der Waals surface area contributed by atoms with E-state index in [4.69, 9.17) is 0 Å². The van der Waals surface area contributed by atoms with Gasteiger partial charge in [0, 0.05) is 12.2 Å². The Morgan fingerprint density at radius 1 is 1.07 bits per heavy atom. The number of nitrogens with zero attached hydrogens (tertiary/aromatic N) is 1. The van der Waals surface area contributed by atoms with E-state index >= 15 is 0 Å². The highest BCUT2D eigenvalue weighted by atomic mass is 32.2. The predicted molar refractivity (Wildman–Crippen MR) is 113 cm³/mol.